The third-order valence-corrected chi connectivity index (χ3v) is 5.39. The number of aliphatic hydroxyl groups excluding tert-OH is 1. The molecule has 1 aromatic rings. The van der Waals surface area contributed by atoms with Crippen LogP contribution in [0.4, 0.5) is 0 Å². The summed E-state index contributed by atoms with van der Waals surface area (Å²) in [5.74, 6) is 0.369. The zero-order valence-corrected chi connectivity index (χ0v) is 14.1. The number of aliphatic hydroxyl groups is 1. The van der Waals surface area contributed by atoms with E-state index in [0.29, 0.717) is 22.3 Å². The molecule has 6 heteroatoms. The monoisotopic (exact) mass is 347 g/mol. The van der Waals surface area contributed by atoms with Gasteiger partial charge in [-0.05, 0) is 31.0 Å². The zero-order chi connectivity index (χ0) is 15.2. The molecular formula is C15H19Cl2NO2S. The summed E-state index contributed by atoms with van der Waals surface area (Å²) in [6.45, 7) is 0.415. The molecule has 0 radical (unpaired) electrons. The normalized spacial score (nSPS) is 15.4. The van der Waals surface area contributed by atoms with Crippen LogP contribution in [0, 0.1) is 0 Å². The van der Waals surface area contributed by atoms with Crippen molar-refractivity contribution in [3.05, 3.63) is 28.2 Å². The first-order valence-corrected chi connectivity index (χ1v) is 8.84. The third-order valence-electron chi connectivity index (χ3n) is 3.67. The molecule has 116 valence electrons. The SMILES string of the molecule is O=C(CSc1cc(Cl)ccc1Cl)N(CCO)C1CCCC1. The van der Waals surface area contributed by atoms with Crippen LogP contribution in [0.25, 0.3) is 0 Å². The van der Waals surface area contributed by atoms with Gasteiger partial charge >= 0.3 is 0 Å². The second kappa shape index (κ2) is 8.28. The molecule has 0 heterocycles. The molecule has 1 amide bonds. The van der Waals surface area contributed by atoms with E-state index in [1.807, 2.05) is 4.90 Å². The summed E-state index contributed by atoms with van der Waals surface area (Å²) in [7, 11) is 0. The van der Waals surface area contributed by atoms with Gasteiger partial charge in [0.2, 0.25) is 5.91 Å². The lowest BCUT2D eigenvalue weighted by Crippen LogP contribution is -2.41. The number of carbonyl (C=O) groups excluding carboxylic acids is 1. The van der Waals surface area contributed by atoms with Gasteiger partial charge in [-0.2, -0.15) is 0 Å². The molecule has 1 aliphatic carbocycles. The molecule has 1 aliphatic rings. The minimum Gasteiger partial charge on any atom is -0.395 e. The Morgan fingerprint density at radius 1 is 1.33 bits per heavy atom. The van der Waals surface area contributed by atoms with Gasteiger partial charge in [0.1, 0.15) is 0 Å². The molecule has 0 atom stereocenters. The fraction of sp³-hybridized carbons (Fsp3) is 0.533. The largest absolute Gasteiger partial charge is 0.395 e. The molecule has 0 bridgehead atoms. The van der Waals surface area contributed by atoms with Crippen molar-refractivity contribution < 1.29 is 9.90 Å². The number of carbonyl (C=O) groups is 1. The Morgan fingerprint density at radius 2 is 2.05 bits per heavy atom. The van der Waals surface area contributed by atoms with E-state index in [0.717, 1.165) is 30.6 Å². The van der Waals surface area contributed by atoms with Crippen molar-refractivity contribution in [2.45, 2.75) is 36.6 Å². The van der Waals surface area contributed by atoms with Gasteiger partial charge in [-0.25, -0.2) is 0 Å². The van der Waals surface area contributed by atoms with Crippen LogP contribution in [-0.2, 0) is 4.79 Å². The molecule has 1 fully saturated rings. The highest BCUT2D eigenvalue weighted by atomic mass is 35.5. The molecule has 3 nitrogen and oxygen atoms in total. The van der Waals surface area contributed by atoms with Crippen LogP contribution in [0.2, 0.25) is 10.0 Å². The summed E-state index contributed by atoms with van der Waals surface area (Å²) in [5, 5.41) is 10.4. The number of rotatable bonds is 6. The quantitative estimate of drug-likeness (QED) is 0.794. The fourth-order valence-electron chi connectivity index (χ4n) is 2.64. The average molecular weight is 348 g/mol. The fourth-order valence-corrected chi connectivity index (χ4v) is 4.02. The molecule has 0 aromatic heterocycles. The summed E-state index contributed by atoms with van der Waals surface area (Å²) in [5.41, 5.74) is 0. The van der Waals surface area contributed by atoms with E-state index in [1.54, 1.807) is 18.2 Å². The number of hydrogen-bond acceptors (Lipinski definition) is 3. The second-order valence-electron chi connectivity index (χ2n) is 5.11. The van der Waals surface area contributed by atoms with E-state index in [9.17, 15) is 9.90 Å². The van der Waals surface area contributed by atoms with E-state index in [-0.39, 0.29) is 18.6 Å². The minimum absolute atomic E-state index is 0.00479. The minimum atomic E-state index is 0.00479. The van der Waals surface area contributed by atoms with Gasteiger partial charge in [-0.15, -0.1) is 11.8 Å². The average Bonchev–Trinajstić information content (AvgIpc) is 2.99. The van der Waals surface area contributed by atoms with Crippen LogP contribution in [0.1, 0.15) is 25.7 Å². The van der Waals surface area contributed by atoms with Crippen molar-refractivity contribution in [2.75, 3.05) is 18.9 Å². The third kappa shape index (κ3) is 4.78. The summed E-state index contributed by atoms with van der Waals surface area (Å²) in [6, 6.07) is 5.51. The number of hydrogen-bond donors (Lipinski definition) is 1. The summed E-state index contributed by atoms with van der Waals surface area (Å²) < 4.78 is 0. The standard InChI is InChI=1S/C15H19Cl2NO2S/c16-11-5-6-13(17)14(9-11)21-10-15(20)18(7-8-19)12-3-1-2-4-12/h5-6,9,12,19H,1-4,7-8,10H2. The van der Waals surface area contributed by atoms with Crippen LogP contribution >= 0.6 is 35.0 Å². The number of benzene rings is 1. The van der Waals surface area contributed by atoms with Crippen molar-refractivity contribution in [2.24, 2.45) is 0 Å². The summed E-state index contributed by atoms with van der Waals surface area (Å²) >= 11 is 13.4. The van der Waals surface area contributed by atoms with Crippen LogP contribution in [-0.4, -0.2) is 40.9 Å². The number of halogens is 2. The first kappa shape index (κ1) is 16.9. The molecule has 21 heavy (non-hydrogen) atoms. The highest BCUT2D eigenvalue weighted by Gasteiger charge is 2.26. The van der Waals surface area contributed by atoms with Gasteiger partial charge in [-0.1, -0.05) is 36.0 Å². The molecule has 0 aliphatic heterocycles. The van der Waals surface area contributed by atoms with E-state index in [1.165, 1.54) is 11.8 Å². The summed E-state index contributed by atoms with van der Waals surface area (Å²) in [6.07, 6.45) is 4.39. The predicted octanol–water partition coefficient (Wildman–Crippen LogP) is 3.85. The van der Waals surface area contributed by atoms with Crippen molar-refractivity contribution in [1.29, 1.82) is 0 Å². The van der Waals surface area contributed by atoms with Gasteiger partial charge in [0.05, 0.1) is 17.4 Å². The van der Waals surface area contributed by atoms with Crippen LogP contribution < -0.4 is 0 Å². The smallest absolute Gasteiger partial charge is 0.233 e. The van der Waals surface area contributed by atoms with Gasteiger partial charge in [-0.3, -0.25) is 4.79 Å². The maximum Gasteiger partial charge on any atom is 0.233 e. The molecule has 0 spiro atoms. The van der Waals surface area contributed by atoms with E-state index < -0.39 is 0 Å². The summed E-state index contributed by atoms with van der Waals surface area (Å²) in [4.78, 5) is 15.0. The Hall–Kier alpha value is -0.420. The Morgan fingerprint density at radius 3 is 2.71 bits per heavy atom. The molecule has 2 rings (SSSR count). The van der Waals surface area contributed by atoms with Crippen LogP contribution in [0.5, 0.6) is 0 Å². The van der Waals surface area contributed by atoms with Crippen molar-refractivity contribution in [1.82, 2.24) is 4.90 Å². The number of amides is 1. The highest BCUT2D eigenvalue weighted by Crippen LogP contribution is 2.31. The van der Waals surface area contributed by atoms with E-state index in [2.05, 4.69) is 0 Å². The first-order valence-electron chi connectivity index (χ1n) is 7.10. The lowest BCUT2D eigenvalue weighted by atomic mass is 10.2. The Balaban J connectivity index is 1.96. The van der Waals surface area contributed by atoms with Crippen LogP contribution in [0.3, 0.4) is 0 Å². The molecular weight excluding hydrogens is 329 g/mol. The molecule has 0 unspecified atom stereocenters. The van der Waals surface area contributed by atoms with Gasteiger partial charge in [0.25, 0.3) is 0 Å². The lowest BCUT2D eigenvalue weighted by Gasteiger charge is -2.28. The number of thioether (sulfide) groups is 1. The van der Waals surface area contributed by atoms with Gasteiger partial charge < -0.3 is 10.0 Å². The highest BCUT2D eigenvalue weighted by molar-refractivity contribution is 8.00. The maximum atomic E-state index is 12.4. The Labute approximate surface area is 139 Å². The maximum absolute atomic E-state index is 12.4. The zero-order valence-electron chi connectivity index (χ0n) is 11.7. The molecule has 1 N–H and O–H groups in total. The Bertz CT molecular complexity index is 493. The van der Waals surface area contributed by atoms with Gasteiger partial charge in [0.15, 0.2) is 0 Å². The molecule has 0 saturated heterocycles. The molecule has 1 aromatic carbocycles. The van der Waals surface area contributed by atoms with Gasteiger partial charge in [0, 0.05) is 22.5 Å². The van der Waals surface area contributed by atoms with E-state index >= 15 is 0 Å². The molecule has 1 saturated carbocycles. The van der Waals surface area contributed by atoms with Crippen molar-refractivity contribution in [3.8, 4) is 0 Å². The van der Waals surface area contributed by atoms with E-state index in [4.69, 9.17) is 23.2 Å². The lowest BCUT2D eigenvalue weighted by molar-refractivity contribution is -0.131. The Kier molecular flexibility index (Phi) is 6.68. The topological polar surface area (TPSA) is 40.5 Å². The van der Waals surface area contributed by atoms with Crippen molar-refractivity contribution in [3.63, 3.8) is 0 Å². The first-order chi connectivity index (χ1) is 10.1. The predicted molar refractivity (Wildman–Crippen MR) is 88.2 cm³/mol. The van der Waals surface area contributed by atoms with Crippen LogP contribution in [0.15, 0.2) is 23.1 Å². The second-order valence-corrected chi connectivity index (χ2v) is 6.97. The number of nitrogens with zero attached hydrogens (tertiary/aromatic N) is 1. The van der Waals surface area contributed by atoms with Crippen molar-refractivity contribution >= 4 is 40.9 Å².